The van der Waals surface area contributed by atoms with Crippen molar-refractivity contribution in [2.45, 2.75) is 33.6 Å². The van der Waals surface area contributed by atoms with Crippen LogP contribution in [0.25, 0.3) is 0 Å². The summed E-state index contributed by atoms with van der Waals surface area (Å²) in [4.78, 5) is 22.3. The second kappa shape index (κ2) is 6.19. The van der Waals surface area contributed by atoms with Gasteiger partial charge in [-0.05, 0) is 30.9 Å². The standard InChI is InChI=1S/C14H19NO3/c1-9(8-13(17)18)7-12(16)15-14-10(2)5-4-6-11(14)3/h4-6,9H,7-8H2,1-3H3,(H,15,16)(H,17,18). The van der Waals surface area contributed by atoms with Crippen LogP contribution < -0.4 is 5.32 Å². The third-order valence-electron chi connectivity index (χ3n) is 2.80. The van der Waals surface area contributed by atoms with Gasteiger partial charge in [-0.3, -0.25) is 9.59 Å². The summed E-state index contributed by atoms with van der Waals surface area (Å²) in [6.07, 6.45) is 0.236. The molecule has 1 aromatic carbocycles. The molecule has 0 spiro atoms. The Kier molecular flexibility index (Phi) is 4.89. The molecule has 98 valence electrons. The van der Waals surface area contributed by atoms with Crippen molar-refractivity contribution in [1.29, 1.82) is 0 Å². The summed E-state index contributed by atoms with van der Waals surface area (Å²) in [6.45, 7) is 5.63. The minimum Gasteiger partial charge on any atom is -0.481 e. The Bertz CT molecular complexity index is 434. The summed E-state index contributed by atoms with van der Waals surface area (Å²) >= 11 is 0. The van der Waals surface area contributed by atoms with Crippen LogP contribution in [0.1, 0.15) is 30.9 Å². The minimum atomic E-state index is -0.873. The Balaban J connectivity index is 2.62. The molecule has 4 heteroatoms. The number of anilines is 1. The number of benzene rings is 1. The Morgan fingerprint density at radius 2 is 1.78 bits per heavy atom. The van der Waals surface area contributed by atoms with Crippen molar-refractivity contribution in [3.05, 3.63) is 29.3 Å². The Labute approximate surface area is 107 Å². The van der Waals surface area contributed by atoms with Gasteiger partial charge in [-0.25, -0.2) is 0 Å². The van der Waals surface area contributed by atoms with Crippen molar-refractivity contribution < 1.29 is 14.7 Å². The van der Waals surface area contributed by atoms with Crippen molar-refractivity contribution in [3.8, 4) is 0 Å². The van der Waals surface area contributed by atoms with Crippen LogP contribution >= 0.6 is 0 Å². The molecule has 1 aromatic rings. The second-order valence-electron chi connectivity index (χ2n) is 4.72. The molecule has 4 nitrogen and oxygen atoms in total. The molecule has 0 aromatic heterocycles. The molecule has 1 atom stereocenters. The van der Waals surface area contributed by atoms with E-state index in [9.17, 15) is 9.59 Å². The lowest BCUT2D eigenvalue weighted by Gasteiger charge is -2.13. The molecule has 2 N–H and O–H groups in total. The number of hydrogen-bond donors (Lipinski definition) is 2. The second-order valence-corrected chi connectivity index (χ2v) is 4.72. The normalized spacial score (nSPS) is 11.9. The lowest BCUT2D eigenvalue weighted by atomic mass is 10.0. The topological polar surface area (TPSA) is 66.4 Å². The maximum Gasteiger partial charge on any atom is 0.303 e. The zero-order chi connectivity index (χ0) is 13.7. The molecule has 0 aliphatic heterocycles. The average molecular weight is 249 g/mol. The molecule has 0 aliphatic carbocycles. The number of nitrogens with one attached hydrogen (secondary N) is 1. The van der Waals surface area contributed by atoms with Crippen LogP contribution in [0.2, 0.25) is 0 Å². The van der Waals surface area contributed by atoms with Crippen LogP contribution in [-0.2, 0) is 9.59 Å². The van der Waals surface area contributed by atoms with E-state index < -0.39 is 5.97 Å². The van der Waals surface area contributed by atoms with Gasteiger partial charge >= 0.3 is 5.97 Å². The molecule has 1 amide bonds. The van der Waals surface area contributed by atoms with E-state index in [0.717, 1.165) is 16.8 Å². The number of carbonyl (C=O) groups excluding carboxylic acids is 1. The zero-order valence-corrected chi connectivity index (χ0v) is 11.0. The van der Waals surface area contributed by atoms with Gasteiger partial charge in [-0.15, -0.1) is 0 Å². The van der Waals surface area contributed by atoms with Crippen molar-refractivity contribution in [3.63, 3.8) is 0 Å². The lowest BCUT2D eigenvalue weighted by Crippen LogP contribution is -2.18. The van der Waals surface area contributed by atoms with E-state index in [1.807, 2.05) is 32.0 Å². The van der Waals surface area contributed by atoms with Gasteiger partial charge in [-0.1, -0.05) is 25.1 Å². The maximum atomic E-state index is 11.8. The van der Waals surface area contributed by atoms with Gasteiger partial charge in [-0.2, -0.15) is 0 Å². The zero-order valence-electron chi connectivity index (χ0n) is 11.0. The van der Waals surface area contributed by atoms with E-state index in [0.29, 0.717) is 0 Å². The molecular formula is C14H19NO3. The predicted octanol–water partition coefficient (Wildman–Crippen LogP) is 2.74. The number of carbonyl (C=O) groups is 2. The molecule has 1 unspecified atom stereocenters. The average Bonchev–Trinajstić information content (AvgIpc) is 2.22. The molecule has 0 bridgehead atoms. The van der Waals surface area contributed by atoms with E-state index in [2.05, 4.69) is 5.32 Å². The molecule has 0 radical (unpaired) electrons. The number of carboxylic acid groups (broad SMARTS) is 1. The minimum absolute atomic E-state index is 0.0141. The first-order valence-electron chi connectivity index (χ1n) is 5.98. The molecule has 0 saturated heterocycles. The maximum absolute atomic E-state index is 11.8. The highest BCUT2D eigenvalue weighted by atomic mass is 16.4. The molecule has 0 aliphatic rings. The first-order valence-corrected chi connectivity index (χ1v) is 5.98. The van der Waals surface area contributed by atoms with Gasteiger partial charge in [0, 0.05) is 18.5 Å². The molecule has 0 fully saturated rings. The Morgan fingerprint density at radius 1 is 1.22 bits per heavy atom. The molecule has 18 heavy (non-hydrogen) atoms. The number of aryl methyl sites for hydroxylation is 2. The van der Waals surface area contributed by atoms with Gasteiger partial charge in [0.15, 0.2) is 0 Å². The highest BCUT2D eigenvalue weighted by molar-refractivity contribution is 5.92. The first-order chi connectivity index (χ1) is 8.40. The fourth-order valence-corrected chi connectivity index (χ4v) is 1.89. The first kappa shape index (κ1) is 14.2. The fraction of sp³-hybridized carbons (Fsp3) is 0.429. The van der Waals surface area contributed by atoms with Crippen molar-refractivity contribution >= 4 is 17.6 Å². The monoisotopic (exact) mass is 249 g/mol. The summed E-state index contributed by atoms with van der Waals surface area (Å²) in [7, 11) is 0. The highest BCUT2D eigenvalue weighted by Crippen LogP contribution is 2.20. The number of aliphatic carboxylic acids is 1. The molecule has 0 saturated carbocycles. The summed E-state index contributed by atoms with van der Waals surface area (Å²) < 4.78 is 0. The Hall–Kier alpha value is -1.84. The van der Waals surface area contributed by atoms with Crippen molar-refractivity contribution in [1.82, 2.24) is 0 Å². The molecular weight excluding hydrogens is 230 g/mol. The molecule has 1 rings (SSSR count). The van der Waals surface area contributed by atoms with Crippen LogP contribution in [0.3, 0.4) is 0 Å². The number of para-hydroxylation sites is 1. The summed E-state index contributed by atoms with van der Waals surface area (Å²) in [5.41, 5.74) is 2.84. The largest absolute Gasteiger partial charge is 0.481 e. The SMILES string of the molecule is Cc1cccc(C)c1NC(=O)CC(C)CC(=O)O. The van der Waals surface area contributed by atoms with Crippen molar-refractivity contribution in [2.24, 2.45) is 5.92 Å². The highest BCUT2D eigenvalue weighted by Gasteiger charge is 2.14. The number of hydrogen-bond acceptors (Lipinski definition) is 2. The fourth-order valence-electron chi connectivity index (χ4n) is 1.89. The van der Waals surface area contributed by atoms with E-state index in [4.69, 9.17) is 5.11 Å². The number of carboxylic acids is 1. The van der Waals surface area contributed by atoms with Crippen LogP contribution in [0.5, 0.6) is 0 Å². The van der Waals surface area contributed by atoms with Gasteiger partial charge in [0.2, 0.25) is 5.91 Å². The molecule has 0 heterocycles. The van der Waals surface area contributed by atoms with Crippen LogP contribution in [0.15, 0.2) is 18.2 Å². The lowest BCUT2D eigenvalue weighted by molar-refractivity contribution is -0.138. The van der Waals surface area contributed by atoms with E-state index >= 15 is 0 Å². The van der Waals surface area contributed by atoms with Gasteiger partial charge < -0.3 is 10.4 Å². The Morgan fingerprint density at radius 3 is 2.28 bits per heavy atom. The van der Waals surface area contributed by atoms with Crippen LogP contribution in [0, 0.1) is 19.8 Å². The smallest absolute Gasteiger partial charge is 0.303 e. The van der Waals surface area contributed by atoms with Gasteiger partial charge in [0.25, 0.3) is 0 Å². The van der Waals surface area contributed by atoms with Gasteiger partial charge in [0.05, 0.1) is 0 Å². The van der Waals surface area contributed by atoms with Gasteiger partial charge in [0.1, 0.15) is 0 Å². The predicted molar refractivity (Wildman–Crippen MR) is 70.6 cm³/mol. The van der Waals surface area contributed by atoms with Crippen molar-refractivity contribution in [2.75, 3.05) is 5.32 Å². The third-order valence-corrected chi connectivity index (χ3v) is 2.80. The number of amides is 1. The summed E-state index contributed by atoms with van der Waals surface area (Å²) in [5, 5.41) is 11.5. The van der Waals surface area contributed by atoms with E-state index in [1.54, 1.807) is 6.92 Å². The summed E-state index contributed by atoms with van der Waals surface area (Å²) in [5.74, 6) is -1.17. The van der Waals surface area contributed by atoms with E-state index in [-0.39, 0.29) is 24.7 Å². The van der Waals surface area contributed by atoms with E-state index in [1.165, 1.54) is 0 Å². The quantitative estimate of drug-likeness (QED) is 0.843. The number of rotatable bonds is 5. The third kappa shape index (κ3) is 4.20. The summed E-state index contributed by atoms with van der Waals surface area (Å²) in [6, 6.07) is 5.81. The van der Waals surface area contributed by atoms with Crippen LogP contribution in [-0.4, -0.2) is 17.0 Å². The van der Waals surface area contributed by atoms with Crippen LogP contribution in [0.4, 0.5) is 5.69 Å².